The van der Waals surface area contributed by atoms with Gasteiger partial charge >= 0.3 is 0 Å². The molecule has 2 heterocycles. The highest BCUT2D eigenvalue weighted by molar-refractivity contribution is 6.46. The molecule has 4 rings (SSSR count). The molecular weight excluding hydrogens is 399 g/mol. The molecule has 0 spiro atoms. The third-order valence-electron chi connectivity index (χ3n) is 5.18. The second-order valence-corrected chi connectivity index (χ2v) is 7.04. The molecular formula is C24H19FN2O4. The van der Waals surface area contributed by atoms with Gasteiger partial charge in [-0.1, -0.05) is 30.3 Å². The molecule has 0 unspecified atom stereocenters. The predicted molar refractivity (Wildman–Crippen MR) is 111 cm³/mol. The highest BCUT2D eigenvalue weighted by atomic mass is 19.1. The number of likely N-dealkylation sites (tertiary alicyclic amines) is 1. The summed E-state index contributed by atoms with van der Waals surface area (Å²) >= 11 is 0. The lowest BCUT2D eigenvalue weighted by molar-refractivity contribution is -0.140. The minimum atomic E-state index is -0.823. The summed E-state index contributed by atoms with van der Waals surface area (Å²) in [5, 5.41) is 11.0. The topological polar surface area (TPSA) is 79.7 Å². The van der Waals surface area contributed by atoms with Crippen LogP contribution in [-0.2, 0) is 16.1 Å². The molecule has 0 bridgehead atoms. The van der Waals surface area contributed by atoms with Gasteiger partial charge in [0, 0.05) is 24.5 Å². The molecule has 0 radical (unpaired) electrons. The van der Waals surface area contributed by atoms with Gasteiger partial charge in [-0.05, 0) is 41.5 Å². The first-order valence-corrected chi connectivity index (χ1v) is 9.57. The van der Waals surface area contributed by atoms with E-state index in [1.807, 2.05) is 6.07 Å². The largest absolute Gasteiger partial charge is 0.507 e. The van der Waals surface area contributed by atoms with E-state index >= 15 is 0 Å². The monoisotopic (exact) mass is 418 g/mol. The van der Waals surface area contributed by atoms with Crippen molar-refractivity contribution in [3.8, 4) is 5.75 Å². The fourth-order valence-corrected chi connectivity index (χ4v) is 3.68. The average molecular weight is 418 g/mol. The number of amides is 1. The van der Waals surface area contributed by atoms with Gasteiger partial charge in [0.05, 0.1) is 18.7 Å². The van der Waals surface area contributed by atoms with Crippen LogP contribution in [-0.4, -0.2) is 33.8 Å². The maximum atomic E-state index is 14.2. The summed E-state index contributed by atoms with van der Waals surface area (Å²) in [5.74, 6) is -2.67. The fourth-order valence-electron chi connectivity index (χ4n) is 3.68. The molecule has 0 aliphatic carbocycles. The lowest BCUT2D eigenvalue weighted by Gasteiger charge is -2.25. The number of hydrogen-bond acceptors (Lipinski definition) is 5. The maximum Gasteiger partial charge on any atom is 0.295 e. The van der Waals surface area contributed by atoms with Gasteiger partial charge in [-0.15, -0.1) is 0 Å². The molecule has 1 atom stereocenters. The highest BCUT2D eigenvalue weighted by Crippen LogP contribution is 2.40. The molecule has 1 aliphatic rings. The van der Waals surface area contributed by atoms with Gasteiger partial charge in [-0.2, -0.15) is 0 Å². The summed E-state index contributed by atoms with van der Waals surface area (Å²) in [7, 11) is 1.33. The van der Waals surface area contributed by atoms with Crippen LogP contribution in [0.15, 0.2) is 78.6 Å². The third kappa shape index (κ3) is 3.77. The van der Waals surface area contributed by atoms with Crippen LogP contribution >= 0.6 is 0 Å². The van der Waals surface area contributed by atoms with E-state index in [0.717, 1.165) is 11.6 Å². The van der Waals surface area contributed by atoms with E-state index in [1.54, 1.807) is 48.8 Å². The second-order valence-electron chi connectivity index (χ2n) is 7.04. The van der Waals surface area contributed by atoms with Crippen LogP contribution in [0, 0.1) is 5.82 Å². The number of methoxy groups -OCH3 is 1. The van der Waals surface area contributed by atoms with Crippen LogP contribution in [0.25, 0.3) is 5.76 Å². The number of pyridine rings is 1. The Morgan fingerprint density at radius 2 is 1.81 bits per heavy atom. The van der Waals surface area contributed by atoms with Crippen molar-refractivity contribution >= 4 is 17.4 Å². The normalized spacial score (nSPS) is 17.7. The molecule has 1 amide bonds. The molecule has 1 saturated heterocycles. The molecule has 0 saturated carbocycles. The van der Waals surface area contributed by atoms with Crippen LogP contribution in [0.4, 0.5) is 4.39 Å². The van der Waals surface area contributed by atoms with Crippen molar-refractivity contribution in [1.29, 1.82) is 0 Å². The fraction of sp³-hybridized carbons (Fsp3) is 0.125. The Morgan fingerprint density at radius 3 is 2.45 bits per heavy atom. The van der Waals surface area contributed by atoms with E-state index in [-0.39, 0.29) is 23.4 Å². The second kappa shape index (κ2) is 8.39. The predicted octanol–water partition coefficient (Wildman–Crippen LogP) is 3.85. The summed E-state index contributed by atoms with van der Waals surface area (Å²) in [6.45, 7) is 0.153. The maximum absolute atomic E-state index is 14.2. The molecule has 156 valence electrons. The molecule has 1 aliphatic heterocycles. The molecule has 1 aromatic heterocycles. The van der Waals surface area contributed by atoms with Crippen molar-refractivity contribution in [2.75, 3.05) is 7.11 Å². The van der Waals surface area contributed by atoms with E-state index in [1.165, 1.54) is 24.1 Å². The van der Waals surface area contributed by atoms with Crippen LogP contribution < -0.4 is 4.74 Å². The molecule has 31 heavy (non-hydrogen) atoms. The number of aliphatic hydroxyl groups excluding tert-OH is 1. The van der Waals surface area contributed by atoms with E-state index < -0.39 is 29.3 Å². The number of aliphatic hydroxyl groups is 1. The van der Waals surface area contributed by atoms with Crippen LogP contribution in [0.2, 0.25) is 0 Å². The summed E-state index contributed by atoms with van der Waals surface area (Å²) < 4.78 is 19.1. The van der Waals surface area contributed by atoms with Crippen LogP contribution in [0.1, 0.15) is 22.7 Å². The first-order chi connectivity index (χ1) is 15.0. The van der Waals surface area contributed by atoms with Gasteiger partial charge < -0.3 is 14.7 Å². The van der Waals surface area contributed by atoms with Crippen LogP contribution in [0.3, 0.4) is 0 Å². The number of hydrogen-bond donors (Lipinski definition) is 1. The molecule has 7 heteroatoms. The summed E-state index contributed by atoms with van der Waals surface area (Å²) in [4.78, 5) is 31.3. The Hall–Kier alpha value is -4.00. The number of rotatable bonds is 5. The SMILES string of the molecule is COc1ccc(C(O)=C2C(=O)C(=O)N(Cc3ccncc3)[C@H]2c2ccccc2)cc1F. The van der Waals surface area contributed by atoms with E-state index in [0.29, 0.717) is 5.56 Å². The van der Waals surface area contributed by atoms with Crippen molar-refractivity contribution in [2.24, 2.45) is 0 Å². The van der Waals surface area contributed by atoms with Gasteiger partial charge in [0.1, 0.15) is 5.76 Å². The lowest BCUT2D eigenvalue weighted by Crippen LogP contribution is -2.29. The van der Waals surface area contributed by atoms with Crippen molar-refractivity contribution < 1.29 is 23.8 Å². The molecule has 1 fully saturated rings. The zero-order valence-corrected chi connectivity index (χ0v) is 16.7. The molecule has 6 nitrogen and oxygen atoms in total. The minimum absolute atomic E-state index is 0.00861. The van der Waals surface area contributed by atoms with Crippen LogP contribution in [0.5, 0.6) is 5.75 Å². The number of carbonyl (C=O) groups excluding carboxylic acids is 2. The zero-order valence-electron chi connectivity index (χ0n) is 16.7. The van der Waals surface area contributed by atoms with E-state index in [4.69, 9.17) is 4.74 Å². The molecule has 1 N–H and O–H groups in total. The number of aromatic nitrogens is 1. The Labute approximate surface area is 178 Å². The van der Waals surface area contributed by atoms with Gasteiger partial charge in [-0.25, -0.2) is 4.39 Å². The number of ketones is 1. The summed E-state index contributed by atoms with van der Waals surface area (Å²) in [6, 6.07) is 15.5. The van der Waals surface area contributed by atoms with Gasteiger partial charge in [0.25, 0.3) is 11.7 Å². The first-order valence-electron chi connectivity index (χ1n) is 9.57. The van der Waals surface area contributed by atoms with Crippen molar-refractivity contribution in [1.82, 2.24) is 9.88 Å². The average Bonchev–Trinajstić information content (AvgIpc) is 3.04. The number of halogens is 1. The third-order valence-corrected chi connectivity index (χ3v) is 5.18. The first kappa shape index (κ1) is 20.3. The Bertz CT molecular complexity index is 1160. The van der Waals surface area contributed by atoms with Crippen molar-refractivity contribution in [2.45, 2.75) is 12.6 Å². The Balaban J connectivity index is 1.85. The smallest absolute Gasteiger partial charge is 0.295 e. The number of benzene rings is 2. The molecule has 2 aromatic carbocycles. The van der Waals surface area contributed by atoms with Gasteiger partial charge in [-0.3, -0.25) is 14.6 Å². The van der Waals surface area contributed by atoms with E-state index in [9.17, 15) is 19.1 Å². The summed E-state index contributed by atoms with van der Waals surface area (Å²) in [5.41, 5.74) is 1.44. The molecule has 3 aromatic rings. The zero-order chi connectivity index (χ0) is 22.0. The van der Waals surface area contributed by atoms with Crippen molar-refractivity contribution in [3.05, 3.63) is 101 Å². The number of Topliss-reactive ketones (excluding diaryl/α,β-unsaturated/α-hetero) is 1. The highest BCUT2D eigenvalue weighted by Gasteiger charge is 2.46. The van der Waals surface area contributed by atoms with Gasteiger partial charge in [0.2, 0.25) is 0 Å². The summed E-state index contributed by atoms with van der Waals surface area (Å²) in [6.07, 6.45) is 3.20. The lowest BCUT2D eigenvalue weighted by atomic mass is 9.95. The Morgan fingerprint density at radius 1 is 1.10 bits per heavy atom. The number of carbonyl (C=O) groups is 2. The quantitative estimate of drug-likeness (QED) is 0.387. The van der Waals surface area contributed by atoms with Gasteiger partial charge in [0.15, 0.2) is 11.6 Å². The van der Waals surface area contributed by atoms with Crippen molar-refractivity contribution in [3.63, 3.8) is 0 Å². The standard InChI is InChI=1S/C24H19FN2O4/c1-31-19-8-7-17(13-18(19)25)22(28)20-21(16-5-3-2-4-6-16)27(24(30)23(20)29)14-15-9-11-26-12-10-15/h2-13,21,28H,14H2,1H3/t21-/m0/s1. The van der Waals surface area contributed by atoms with E-state index in [2.05, 4.69) is 4.98 Å². The Kier molecular flexibility index (Phi) is 5.49. The minimum Gasteiger partial charge on any atom is -0.507 e. The number of ether oxygens (including phenoxy) is 1. The number of nitrogens with zero attached hydrogens (tertiary/aromatic N) is 2.